The van der Waals surface area contributed by atoms with Crippen molar-refractivity contribution in [2.75, 3.05) is 6.54 Å². The normalized spacial score (nSPS) is 13.7. The Bertz CT molecular complexity index is 1280. The van der Waals surface area contributed by atoms with Gasteiger partial charge in [0.25, 0.3) is 5.56 Å². The van der Waals surface area contributed by atoms with Gasteiger partial charge in [0.2, 0.25) is 5.91 Å². The molecular formula is C24H24N4O2. The number of aryl methyl sites for hydroxylation is 1. The van der Waals surface area contributed by atoms with E-state index in [1.54, 1.807) is 0 Å². The van der Waals surface area contributed by atoms with E-state index in [1.807, 2.05) is 53.2 Å². The molecule has 30 heavy (non-hydrogen) atoms. The number of carbonyl (C=O) groups excluding carboxylic acids is 1. The number of H-pyrrole nitrogens is 1. The highest BCUT2D eigenvalue weighted by atomic mass is 16.1. The third kappa shape index (κ3) is 3.61. The Hall–Kier alpha value is -3.41. The molecule has 152 valence electrons. The molecule has 0 saturated heterocycles. The number of amides is 1. The summed E-state index contributed by atoms with van der Waals surface area (Å²) in [5.41, 5.74) is 3.02. The Morgan fingerprint density at radius 3 is 2.67 bits per heavy atom. The lowest BCUT2D eigenvalue weighted by atomic mass is 10.1. The van der Waals surface area contributed by atoms with Gasteiger partial charge in [-0.3, -0.25) is 14.2 Å². The number of para-hydroxylation sites is 2. The van der Waals surface area contributed by atoms with Crippen LogP contribution in [-0.2, 0) is 17.6 Å². The number of nitrogens with zero attached hydrogens (tertiary/aromatic N) is 2. The molecule has 2 aromatic carbocycles. The molecular weight excluding hydrogens is 376 g/mol. The molecule has 1 amide bonds. The van der Waals surface area contributed by atoms with E-state index in [0.717, 1.165) is 24.8 Å². The molecule has 5 rings (SSSR count). The van der Waals surface area contributed by atoms with Crippen molar-refractivity contribution in [2.45, 2.75) is 38.1 Å². The van der Waals surface area contributed by atoms with Crippen LogP contribution in [0.2, 0.25) is 0 Å². The van der Waals surface area contributed by atoms with Crippen molar-refractivity contribution in [1.29, 1.82) is 0 Å². The molecule has 0 bridgehead atoms. The average Bonchev–Trinajstić information content (AvgIpc) is 3.52. The average molecular weight is 400 g/mol. The SMILES string of the molecule is O=C(CCc1nc2ccccc2c(=O)n1C1CC1)NCCc1c[nH]c2ccccc12. The number of hydrogen-bond acceptors (Lipinski definition) is 3. The van der Waals surface area contributed by atoms with Gasteiger partial charge < -0.3 is 10.3 Å². The standard InChI is InChI=1S/C24H24N4O2/c29-23(25-14-13-16-15-26-20-7-3-1-5-18(16)20)12-11-22-27-21-8-4-2-6-19(21)24(30)28(22)17-9-10-17/h1-8,15,17,26H,9-14H2,(H,25,29). The molecule has 2 aromatic heterocycles. The summed E-state index contributed by atoms with van der Waals surface area (Å²) < 4.78 is 1.81. The van der Waals surface area contributed by atoms with E-state index in [2.05, 4.69) is 16.4 Å². The smallest absolute Gasteiger partial charge is 0.261 e. The van der Waals surface area contributed by atoms with E-state index in [-0.39, 0.29) is 17.5 Å². The minimum Gasteiger partial charge on any atom is -0.361 e. The van der Waals surface area contributed by atoms with Crippen LogP contribution in [0.5, 0.6) is 0 Å². The van der Waals surface area contributed by atoms with Crippen molar-refractivity contribution in [3.63, 3.8) is 0 Å². The first kappa shape index (κ1) is 18.6. The second-order valence-electron chi connectivity index (χ2n) is 7.91. The zero-order chi connectivity index (χ0) is 20.5. The van der Waals surface area contributed by atoms with Crippen LogP contribution in [0.15, 0.2) is 59.5 Å². The summed E-state index contributed by atoms with van der Waals surface area (Å²) in [6.07, 6.45) is 5.58. The lowest BCUT2D eigenvalue weighted by Crippen LogP contribution is -2.28. The Balaban J connectivity index is 1.24. The number of hydrogen-bond donors (Lipinski definition) is 2. The van der Waals surface area contributed by atoms with Gasteiger partial charge in [0.15, 0.2) is 0 Å². The van der Waals surface area contributed by atoms with E-state index in [1.165, 1.54) is 10.9 Å². The van der Waals surface area contributed by atoms with Crippen molar-refractivity contribution >= 4 is 27.7 Å². The van der Waals surface area contributed by atoms with E-state index in [4.69, 9.17) is 4.98 Å². The van der Waals surface area contributed by atoms with Crippen LogP contribution in [0.4, 0.5) is 0 Å². The van der Waals surface area contributed by atoms with E-state index in [9.17, 15) is 9.59 Å². The Morgan fingerprint density at radius 2 is 1.83 bits per heavy atom. The molecule has 0 spiro atoms. The fourth-order valence-corrected chi connectivity index (χ4v) is 4.07. The maximum Gasteiger partial charge on any atom is 0.261 e. The number of fused-ring (bicyclic) bond motifs is 2. The summed E-state index contributed by atoms with van der Waals surface area (Å²) in [6, 6.07) is 15.8. The number of rotatable bonds is 7. The quantitative estimate of drug-likeness (QED) is 0.498. The van der Waals surface area contributed by atoms with Gasteiger partial charge in [0.05, 0.1) is 10.9 Å². The Morgan fingerprint density at radius 1 is 1.07 bits per heavy atom. The molecule has 2 heterocycles. The molecule has 4 aromatic rings. The van der Waals surface area contributed by atoms with Gasteiger partial charge in [-0.2, -0.15) is 0 Å². The Kier molecular flexibility index (Phi) is 4.83. The van der Waals surface area contributed by atoms with Gasteiger partial charge in [-0.05, 0) is 43.0 Å². The van der Waals surface area contributed by atoms with Crippen LogP contribution in [0, 0.1) is 0 Å². The molecule has 6 heteroatoms. The van der Waals surface area contributed by atoms with Crippen LogP contribution < -0.4 is 10.9 Å². The van der Waals surface area contributed by atoms with Crippen molar-refractivity contribution in [1.82, 2.24) is 19.9 Å². The highest BCUT2D eigenvalue weighted by Crippen LogP contribution is 2.34. The first-order chi connectivity index (χ1) is 14.7. The zero-order valence-electron chi connectivity index (χ0n) is 16.7. The summed E-state index contributed by atoms with van der Waals surface area (Å²) in [7, 11) is 0. The van der Waals surface area contributed by atoms with Gasteiger partial charge in [0, 0.05) is 42.5 Å². The molecule has 0 unspecified atom stereocenters. The largest absolute Gasteiger partial charge is 0.361 e. The first-order valence-corrected chi connectivity index (χ1v) is 10.5. The molecule has 2 N–H and O–H groups in total. The second kappa shape index (κ2) is 7.78. The number of carbonyl (C=O) groups is 1. The monoisotopic (exact) mass is 400 g/mol. The maximum absolute atomic E-state index is 12.9. The fraction of sp³-hybridized carbons (Fsp3) is 0.292. The summed E-state index contributed by atoms with van der Waals surface area (Å²) in [5, 5.41) is 4.85. The number of nitrogens with one attached hydrogen (secondary N) is 2. The number of aromatic amines is 1. The lowest BCUT2D eigenvalue weighted by molar-refractivity contribution is -0.121. The van der Waals surface area contributed by atoms with E-state index < -0.39 is 0 Å². The van der Waals surface area contributed by atoms with Crippen LogP contribution in [0.1, 0.15) is 36.7 Å². The third-order valence-electron chi connectivity index (χ3n) is 5.76. The molecule has 1 aliphatic carbocycles. The summed E-state index contributed by atoms with van der Waals surface area (Å²) in [4.78, 5) is 33.3. The predicted octanol–water partition coefficient (Wildman–Crippen LogP) is 3.50. The van der Waals surface area contributed by atoms with E-state index >= 15 is 0 Å². The summed E-state index contributed by atoms with van der Waals surface area (Å²) in [5.74, 6) is 0.701. The topological polar surface area (TPSA) is 79.8 Å². The fourth-order valence-electron chi connectivity index (χ4n) is 4.07. The minimum atomic E-state index is -0.0143. The summed E-state index contributed by atoms with van der Waals surface area (Å²) >= 11 is 0. The summed E-state index contributed by atoms with van der Waals surface area (Å²) in [6.45, 7) is 0.585. The van der Waals surface area contributed by atoms with E-state index in [0.29, 0.717) is 36.1 Å². The number of aromatic nitrogens is 3. The number of benzene rings is 2. The minimum absolute atomic E-state index is 0.0119. The van der Waals surface area contributed by atoms with Crippen LogP contribution in [0.25, 0.3) is 21.8 Å². The van der Waals surface area contributed by atoms with Gasteiger partial charge in [-0.25, -0.2) is 4.98 Å². The van der Waals surface area contributed by atoms with Crippen molar-refractivity contribution in [3.8, 4) is 0 Å². The molecule has 1 saturated carbocycles. The van der Waals surface area contributed by atoms with Crippen LogP contribution >= 0.6 is 0 Å². The van der Waals surface area contributed by atoms with Gasteiger partial charge in [-0.15, -0.1) is 0 Å². The van der Waals surface area contributed by atoms with Crippen molar-refractivity contribution in [2.24, 2.45) is 0 Å². The highest BCUT2D eigenvalue weighted by molar-refractivity contribution is 5.83. The third-order valence-corrected chi connectivity index (χ3v) is 5.76. The van der Waals surface area contributed by atoms with Crippen LogP contribution in [0.3, 0.4) is 0 Å². The molecule has 6 nitrogen and oxygen atoms in total. The van der Waals surface area contributed by atoms with Crippen molar-refractivity contribution in [3.05, 3.63) is 76.5 Å². The lowest BCUT2D eigenvalue weighted by Gasteiger charge is -2.13. The maximum atomic E-state index is 12.9. The van der Waals surface area contributed by atoms with Gasteiger partial charge in [0.1, 0.15) is 5.82 Å². The molecule has 1 fully saturated rings. The Labute approximate surface area is 173 Å². The molecule has 0 atom stereocenters. The predicted molar refractivity (Wildman–Crippen MR) is 118 cm³/mol. The zero-order valence-corrected chi connectivity index (χ0v) is 16.7. The first-order valence-electron chi connectivity index (χ1n) is 10.5. The van der Waals surface area contributed by atoms with Gasteiger partial charge in [-0.1, -0.05) is 30.3 Å². The highest BCUT2D eigenvalue weighted by Gasteiger charge is 2.28. The van der Waals surface area contributed by atoms with Crippen LogP contribution in [-0.4, -0.2) is 27.0 Å². The molecule has 1 aliphatic rings. The molecule has 0 radical (unpaired) electrons. The van der Waals surface area contributed by atoms with Crippen molar-refractivity contribution < 1.29 is 4.79 Å². The molecule has 0 aliphatic heterocycles. The van der Waals surface area contributed by atoms with Gasteiger partial charge >= 0.3 is 0 Å². The second-order valence-corrected chi connectivity index (χ2v) is 7.91.